The van der Waals surface area contributed by atoms with Gasteiger partial charge < -0.3 is 0 Å². The minimum atomic E-state index is -3.86. The summed E-state index contributed by atoms with van der Waals surface area (Å²) in [5, 5.41) is 9.22. The van der Waals surface area contributed by atoms with E-state index < -0.39 is 10.0 Å². The fourth-order valence-corrected chi connectivity index (χ4v) is 5.11. The van der Waals surface area contributed by atoms with Crippen LogP contribution >= 0.6 is 0 Å². The predicted octanol–water partition coefficient (Wildman–Crippen LogP) is 3.90. The highest BCUT2D eigenvalue weighted by molar-refractivity contribution is 7.92. The number of benzene rings is 3. The highest BCUT2D eigenvalue weighted by atomic mass is 32.2. The molecule has 0 aliphatic rings. The van der Waals surface area contributed by atoms with Gasteiger partial charge in [0.1, 0.15) is 5.82 Å². The number of sulfonamides is 1. The quantitative estimate of drug-likeness (QED) is 0.389. The lowest BCUT2D eigenvalue weighted by Crippen LogP contribution is -2.22. The molecule has 0 radical (unpaired) electrons. The van der Waals surface area contributed by atoms with Gasteiger partial charge in [-0.1, -0.05) is 48.5 Å². The Hall–Kier alpha value is -4.83. The molecular formula is C26H18N6O3S. The lowest BCUT2D eigenvalue weighted by atomic mass is 10.2. The molecule has 3 heterocycles. The Kier molecular flexibility index (Phi) is 5.08. The average molecular weight is 495 g/mol. The van der Waals surface area contributed by atoms with Crippen molar-refractivity contribution < 1.29 is 8.42 Å². The molecule has 1 N–H and O–H groups in total. The Morgan fingerprint density at radius 2 is 1.47 bits per heavy atom. The van der Waals surface area contributed by atoms with E-state index in [2.05, 4.69) is 19.9 Å². The van der Waals surface area contributed by atoms with Crippen molar-refractivity contribution in [1.29, 1.82) is 0 Å². The molecule has 176 valence electrons. The van der Waals surface area contributed by atoms with Crippen LogP contribution in [0.4, 0.5) is 5.82 Å². The number of aromatic nitrogens is 5. The molecule has 6 rings (SSSR count). The SMILES string of the molecule is O=c1c2ccccc2n2c(-c3ccccc3)nnc2n1-c1ccc(S(=O)(=O)Nc2ccccn2)cc1. The summed E-state index contributed by atoms with van der Waals surface area (Å²) in [5.74, 6) is 1.13. The van der Waals surface area contributed by atoms with Crippen LogP contribution in [0.15, 0.2) is 113 Å². The van der Waals surface area contributed by atoms with Gasteiger partial charge in [0.05, 0.1) is 21.5 Å². The van der Waals surface area contributed by atoms with Crippen molar-refractivity contribution >= 4 is 32.5 Å². The van der Waals surface area contributed by atoms with E-state index in [-0.39, 0.29) is 16.3 Å². The van der Waals surface area contributed by atoms with Crippen molar-refractivity contribution in [2.24, 2.45) is 0 Å². The second-order valence-corrected chi connectivity index (χ2v) is 9.68. The van der Waals surface area contributed by atoms with Crippen LogP contribution in [-0.2, 0) is 10.0 Å². The second kappa shape index (κ2) is 8.43. The summed E-state index contributed by atoms with van der Waals surface area (Å²) < 4.78 is 31.3. The largest absolute Gasteiger partial charge is 0.268 e. The fourth-order valence-electron chi connectivity index (χ4n) is 4.10. The van der Waals surface area contributed by atoms with Crippen LogP contribution in [0.3, 0.4) is 0 Å². The first kappa shape index (κ1) is 21.7. The molecule has 0 amide bonds. The molecule has 0 aliphatic carbocycles. The molecule has 9 nitrogen and oxygen atoms in total. The van der Waals surface area contributed by atoms with Crippen LogP contribution < -0.4 is 10.3 Å². The van der Waals surface area contributed by atoms with Gasteiger partial charge in [-0.15, -0.1) is 10.2 Å². The molecule has 0 saturated carbocycles. The van der Waals surface area contributed by atoms with Crippen molar-refractivity contribution in [2.45, 2.75) is 4.90 Å². The third-order valence-electron chi connectivity index (χ3n) is 5.77. The second-order valence-electron chi connectivity index (χ2n) is 8.00. The van der Waals surface area contributed by atoms with Gasteiger partial charge in [-0.25, -0.2) is 18.0 Å². The molecule has 0 fully saturated rings. The summed E-state index contributed by atoms with van der Waals surface area (Å²) in [6, 6.07) is 27.8. The van der Waals surface area contributed by atoms with E-state index in [0.29, 0.717) is 28.2 Å². The van der Waals surface area contributed by atoms with E-state index >= 15 is 0 Å². The van der Waals surface area contributed by atoms with Gasteiger partial charge >= 0.3 is 0 Å². The lowest BCUT2D eigenvalue weighted by molar-refractivity contribution is 0.601. The molecule has 0 saturated heterocycles. The van der Waals surface area contributed by atoms with Gasteiger partial charge in [0, 0.05) is 11.8 Å². The zero-order chi connectivity index (χ0) is 24.7. The van der Waals surface area contributed by atoms with Crippen molar-refractivity contribution in [3.63, 3.8) is 0 Å². The highest BCUT2D eigenvalue weighted by Gasteiger charge is 2.20. The van der Waals surface area contributed by atoms with Gasteiger partial charge in [-0.3, -0.25) is 13.9 Å². The maximum Gasteiger partial charge on any atom is 0.267 e. The fraction of sp³-hybridized carbons (Fsp3) is 0. The molecule has 0 atom stereocenters. The van der Waals surface area contributed by atoms with Crippen LogP contribution in [-0.4, -0.2) is 32.6 Å². The number of fused-ring (bicyclic) bond motifs is 3. The highest BCUT2D eigenvalue weighted by Crippen LogP contribution is 2.24. The summed E-state index contributed by atoms with van der Waals surface area (Å²) in [6.07, 6.45) is 1.50. The molecule has 36 heavy (non-hydrogen) atoms. The molecule has 0 unspecified atom stereocenters. The van der Waals surface area contributed by atoms with E-state index in [9.17, 15) is 13.2 Å². The average Bonchev–Trinajstić information content (AvgIpc) is 3.35. The topological polar surface area (TPSA) is 111 Å². The van der Waals surface area contributed by atoms with E-state index in [1.807, 2.05) is 46.9 Å². The Bertz CT molecular complexity index is 1880. The van der Waals surface area contributed by atoms with E-state index in [1.165, 1.54) is 22.9 Å². The van der Waals surface area contributed by atoms with Crippen molar-refractivity contribution in [3.05, 3.63) is 114 Å². The summed E-state index contributed by atoms with van der Waals surface area (Å²) in [4.78, 5) is 17.6. The standard InChI is InChI=1S/C26H18N6O3S/c33-25-21-10-4-5-11-22(21)32-24(18-8-2-1-3-9-18)28-29-26(32)31(25)19-13-15-20(16-14-19)36(34,35)30-23-12-6-7-17-27-23/h1-17H,(H,27,30). The third-order valence-corrected chi connectivity index (χ3v) is 7.14. The number of hydrogen-bond acceptors (Lipinski definition) is 6. The number of nitrogens with one attached hydrogen (secondary N) is 1. The maximum absolute atomic E-state index is 13.6. The third kappa shape index (κ3) is 3.60. The maximum atomic E-state index is 13.6. The number of hydrogen-bond donors (Lipinski definition) is 1. The number of pyridine rings is 1. The Labute approximate surface area is 205 Å². The van der Waals surface area contributed by atoms with Crippen LogP contribution in [0, 0.1) is 0 Å². The van der Waals surface area contributed by atoms with Crippen LogP contribution in [0.2, 0.25) is 0 Å². The minimum Gasteiger partial charge on any atom is -0.268 e. The number of nitrogens with zero attached hydrogens (tertiary/aromatic N) is 5. The summed E-state index contributed by atoms with van der Waals surface area (Å²) in [6.45, 7) is 0. The van der Waals surface area contributed by atoms with E-state index in [0.717, 1.165) is 5.56 Å². The molecule has 3 aromatic carbocycles. The van der Waals surface area contributed by atoms with Gasteiger partial charge in [-0.05, 0) is 48.5 Å². The first-order chi connectivity index (χ1) is 17.5. The monoisotopic (exact) mass is 494 g/mol. The summed E-state index contributed by atoms with van der Waals surface area (Å²) in [5.41, 5.74) is 1.70. The van der Waals surface area contributed by atoms with E-state index in [1.54, 1.807) is 42.5 Å². The first-order valence-electron chi connectivity index (χ1n) is 11.0. The van der Waals surface area contributed by atoms with Gasteiger partial charge in [0.15, 0.2) is 5.82 Å². The van der Waals surface area contributed by atoms with Crippen molar-refractivity contribution in [3.8, 4) is 17.1 Å². The minimum absolute atomic E-state index is 0.0354. The molecule has 10 heteroatoms. The number of anilines is 1. The number of rotatable bonds is 5. The summed E-state index contributed by atoms with van der Waals surface area (Å²) >= 11 is 0. The molecule has 3 aromatic heterocycles. The van der Waals surface area contributed by atoms with Crippen molar-refractivity contribution in [2.75, 3.05) is 4.72 Å². The van der Waals surface area contributed by atoms with Crippen LogP contribution in [0.1, 0.15) is 0 Å². The molecular weight excluding hydrogens is 476 g/mol. The Morgan fingerprint density at radius 3 is 2.22 bits per heavy atom. The smallest absolute Gasteiger partial charge is 0.267 e. The first-order valence-corrected chi connectivity index (χ1v) is 12.5. The normalized spacial score (nSPS) is 11.7. The van der Waals surface area contributed by atoms with Gasteiger partial charge in [0.25, 0.3) is 15.6 Å². The van der Waals surface area contributed by atoms with Gasteiger partial charge in [0.2, 0.25) is 5.78 Å². The van der Waals surface area contributed by atoms with Crippen LogP contribution in [0.25, 0.3) is 33.8 Å². The molecule has 0 spiro atoms. The Morgan fingerprint density at radius 1 is 0.750 bits per heavy atom. The predicted molar refractivity (Wildman–Crippen MR) is 137 cm³/mol. The zero-order valence-corrected chi connectivity index (χ0v) is 19.5. The Balaban J connectivity index is 1.51. The van der Waals surface area contributed by atoms with Gasteiger partial charge in [-0.2, -0.15) is 0 Å². The summed E-state index contributed by atoms with van der Waals surface area (Å²) in [7, 11) is -3.86. The lowest BCUT2D eigenvalue weighted by Gasteiger charge is -2.12. The van der Waals surface area contributed by atoms with Crippen LogP contribution in [0.5, 0.6) is 0 Å². The molecule has 0 bridgehead atoms. The zero-order valence-electron chi connectivity index (χ0n) is 18.7. The van der Waals surface area contributed by atoms with E-state index in [4.69, 9.17) is 0 Å². The molecule has 0 aliphatic heterocycles. The van der Waals surface area contributed by atoms with Crippen molar-refractivity contribution in [1.82, 2.24) is 24.1 Å². The number of para-hydroxylation sites is 1. The molecule has 6 aromatic rings.